The summed E-state index contributed by atoms with van der Waals surface area (Å²) in [7, 11) is 0. The van der Waals surface area contributed by atoms with Crippen molar-refractivity contribution < 1.29 is 0 Å². The zero-order chi connectivity index (χ0) is 10.7. The summed E-state index contributed by atoms with van der Waals surface area (Å²) in [6.45, 7) is 8.26. The van der Waals surface area contributed by atoms with Gasteiger partial charge in [-0.15, -0.1) is 0 Å². The Morgan fingerprint density at radius 3 is 2.87 bits per heavy atom. The smallest absolute Gasteiger partial charge is 0.0236 e. The highest BCUT2D eigenvalue weighted by Gasteiger charge is 2.16. The number of hydrogen-bond donors (Lipinski definition) is 0. The molecule has 0 spiro atoms. The number of benzene rings is 1. The molecule has 1 aliphatic rings. The lowest BCUT2D eigenvalue weighted by atomic mass is 9.99. The molecule has 82 valence electrons. The van der Waals surface area contributed by atoms with Crippen LogP contribution in [0.5, 0.6) is 0 Å². The molecule has 0 aliphatic carbocycles. The van der Waals surface area contributed by atoms with E-state index in [0.717, 1.165) is 12.5 Å². The fraction of sp³-hybridized carbons (Fsp3) is 0.571. The van der Waals surface area contributed by atoms with Gasteiger partial charge in [-0.2, -0.15) is 0 Å². The largest absolute Gasteiger partial charge is 0.299 e. The maximum absolute atomic E-state index is 2.59. The minimum Gasteiger partial charge on any atom is -0.299 e. The van der Waals surface area contributed by atoms with Gasteiger partial charge in [-0.1, -0.05) is 31.2 Å². The standard InChI is InChI=1S/C14H21N/c1-12-6-5-9-15(10-12)11-14-8-4-3-7-13(14)2/h3-4,7-8,12H,5-6,9-11H2,1-2H3. The normalized spacial score (nSPS) is 22.9. The minimum atomic E-state index is 0.878. The molecule has 1 heteroatoms. The van der Waals surface area contributed by atoms with Gasteiger partial charge in [0.25, 0.3) is 0 Å². The maximum atomic E-state index is 2.59. The van der Waals surface area contributed by atoms with Gasteiger partial charge in [0.05, 0.1) is 0 Å². The Bertz CT molecular complexity index is 319. The second-order valence-corrected chi connectivity index (χ2v) is 4.91. The summed E-state index contributed by atoms with van der Waals surface area (Å²) in [6, 6.07) is 8.74. The van der Waals surface area contributed by atoms with Crippen LogP contribution >= 0.6 is 0 Å². The Balaban J connectivity index is 1.99. The molecule has 0 N–H and O–H groups in total. The molecule has 1 nitrogen and oxygen atoms in total. The van der Waals surface area contributed by atoms with E-state index in [9.17, 15) is 0 Å². The van der Waals surface area contributed by atoms with Gasteiger partial charge in [0.1, 0.15) is 0 Å². The predicted molar refractivity (Wildman–Crippen MR) is 64.9 cm³/mol. The van der Waals surface area contributed by atoms with E-state index >= 15 is 0 Å². The predicted octanol–water partition coefficient (Wildman–Crippen LogP) is 3.23. The van der Waals surface area contributed by atoms with Crippen molar-refractivity contribution in [3.8, 4) is 0 Å². The fourth-order valence-electron chi connectivity index (χ4n) is 2.46. The molecule has 15 heavy (non-hydrogen) atoms. The van der Waals surface area contributed by atoms with E-state index in [1.165, 1.54) is 37.1 Å². The number of hydrogen-bond acceptors (Lipinski definition) is 1. The lowest BCUT2D eigenvalue weighted by molar-refractivity contribution is 0.176. The summed E-state index contributed by atoms with van der Waals surface area (Å²) in [5.74, 6) is 0.878. The van der Waals surface area contributed by atoms with Crippen LogP contribution in [0.2, 0.25) is 0 Å². The van der Waals surface area contributed by atoms with Crippen molar-refractivity contribution in [1.82, 2.24) is 4.90 Å². The van der Waals surface area contributed by atoms with Crippen molar-refractivity contribution in [2.45, 2.75) is 33.2 Å². The number of aryl methyl sites for hydroxylation is 1. The topological polar surface area (TPSA) is 3.24 Å². The second kappa shape index (κ2) is 4.80. The maximum Gasteiger partial charge on any atom is 0.0236 e. The third-order valence-corrected chi connectivity index (χ3v) is 3.40. The van der Waals surface area contributed by atoms with Crippen molar-refractivity contribution in [3.63, 3.8) is 0 Å². The number of likely N-dealkylation sites (tertiary alicyclic amines) is 1. The number of piperidine rings is 1. The van der Waals surface area contributed by atoms with Crippen LogP contribution in [-0.4, -0.2) is 18.0 Å². The first kappa shape index (κ1) is 10.7. The first-order valence-corrected chi connectivity index (χ1v) is 6.02. The second-order valence-electron chi connectivity index (χ2n) is 4.91. The molecular weight excluding hydrogens is 182 g/mol. The van der Waals surface area contributed by atoms with Gasteiger partial charge < -0.3 is 0 Å². The molecule has 2 rings (SSSR count). The van der Waals surface area contributed by atoms with Gasteiger partial charge in [0.2, 0.25) is 0 Å². The lowest BCUT2D eigenvalue weighted by Crippen LogP contribution is -2.33. The molecule has 1 fully saturated rings. The fourth-order valence-corrected chi connectivity index (χ4v) is 2.46. The summed E-state index contributed by atoms with van der Waals surface area (Å²) in [5.41, 5.74) is 2.92. The Morgan fingerprint density at radius 1 is 1.33 bits per heavy atom. The molecule has 0 amide bonds. The van der Waals surface area contributed by atoms with Crippen molar-refractivity contribution >= 4 is 0 Å². The quantitative estimate of drug-likeness (QED) is 0.713. The van der Waals surface area contributed by atoms with E-state index in [1.807, 2.05) is 0 Å². The van der Waals surface area contributed by atoms with Crippen molar-refractivity contribution in [2.75, 3.05) is 13.1 Å². The van der Waals surface area contributed by atoms with Gasteiger partial charge in [-0.3, -0.25) is 4.90 Å². The lowest BCUT2D eigenvalue weighted by Gasteiger charge is -2.31. The van der Waals surface area contributed by atoms with Gasteiger partial charge in [0, 0.05) is 13.1 Å². The summed E-state index contributed by atoms with van der Waals surface area (Å²) >= 11 is 0. The molecule has 1 aromatic rings. The van der Waals surface area contributed by atoms with E-state index < -0.39 is 0 Å². The molecule has 1 aliphatic heterocycles. The average Bonchev–Trinajstić information content (AvgIpc) is 2.22. The summed E-state index contributed by atoms with van der Waals surface area (Å²) < 4.78 is 0. The van der Waals surface area contributed by atoms with Crippen LogP contribution in [0.1, 0.15) is 30.9 Å². The minimum absolute atomic E-state index is 0.878. The Kier molecular flexibility index (Phi) is 3.42. The summed E-state index contributed by atoms with van der Waals surface area (Å²) in [6.07, 6.45) is 2.78. The van der Waals surface area contributed by atoms with Gasteiger partial charge in [-0.05, 0) is 43.4 Å². The Hall–Kier alpha value is -0.820. The first-order chi connectivity index (χ1) is 7.25. The van der Waals surface area contributed by atoms with Crippen LogP contribution in [0.4, 0.5) is 0 Å². The average molecular weight is 203 g/mol. The monoisotopic (exact) mass is 203 g/mol. The molecule has 1 aromatic carbocycles. The molecule has 1 atom stereocenters. The third-order valence-electron chi connectivity index (χ3n) is 3.40. The highest BCUT2D eigenvalue weighted by atomic mass is 15.1. The molecule has 0 radical (unpaired) electrons. The molecule has 1 saturated heterocycles. The zero-order valence-corrected chi connectivity index (χ0v) is 9.87. The van der Waals surface area contributed by atoms with Gasteiger partial charge in [-0.25, -0.2) is 0 Å². The number of nitrogens with zero attached hydrogens (tertiary/aromatic N) is 1. The molecule has 0 saturated carbocycles. The molecule has 0 bridgehead atoms. The summed E-state index contributed by atoms with van der Waals surface area (Å²) in [4.78, 5) is 2.59. The van der Waals surface area contributed by atoms with Gasteiger partial charge >= 0.3 is 0 Å². The first-order valence-electron chi connectivity index (χ1n) is 6.02. The SMILES string of the molecule is Cc1ccccc1CN1CCCC(C)C1. The van der Waals surface area contributed by atoms with E-state index in [2.05, 4.69) is 43.0 Å². The molecule has 0 aromatic heterocycles. The van der Waals surface area contributed by atoms with Crippen LogP contribution < -0.4 is 0 Å². The summed E-state index contributed by atoms with van der Waals surface area (Å²) in [5, 5.41) is 0. The highest BCUT2D eigenvalue weighted by Crippen LogP contribution is 2.18. The van der Waals surface area contributed by atoms with Crippen LogP contribution in [0.25, 0.3) is 0 Å². The van der Waals surface area contributed by atoms with Gasteiger partial charge in [0.15, 0.2) is 0 Å². The zero-order valence-electron chi connectivity index (χ0n) is 9.87. The van der Waals surface area contributed by atoms with E-state index in [-0.39, 0.29) is 0 Å². The van der Waals surface area contributed by atoms with Crippen molar-refractivity contribution in [2.24, 2.45) is 5.92 Å². The number of rotatable bonds is 2. The van der Waals surface area contributed by atoms with E-state index in [4.69, 9.17) is 0 Å². The molecule has 1 heterocycles. The van der Waals surface area contributed by atoms with Crippen molar-refractivity contribution in [1.29, 1.82) is 0 Å². The van der Waals surface area contributed by atoms with E-state index in [1.54, 1.807) is 0 Å². The molecule has 1 unspecified atom stereocenters. The highest BCUT2D eigenvalue weighted by molar-refractivity contribution is 5.25. The Labute approximate surface area is 93.1 Å². The van der Waals surface area contributed by atoms with E-state index in [0.29, 0.717) is 0 Å². The van der Waals surface area contributed by atoms with Crippen molar-refractivity contribution in [3.05, 3.63) is 35.4 Å². The molecular formula is C14H21N. The third kappa shape index (κ3) is 2.82. The van der Waals surface area contributed by atoms with Crippen LogP contribution in [0.3, 0.4) is 0 Å². The van der Waals surface area contributed by atoms with Crippen LogP contribution in [0.15, 0.2) is 24.3 Å². The van der Waals surface area contributed by atoms with Crippen LogP contribution in [0, 0.1) is 12.8 Å². The Morgan fingerprint density at radius 2 is 2.13 bits per heavy atom. The van der Waals surface area contributed by atoms with Crippen LogP contribution in [-0.2, 0) is 6.54 Å².